The lowest BCUT2D eigenvalue weighted by atomic mass is 10.3. The zero-order valence-electron chi connectivity index (χ0n) is 6.82. The van der Waals surface area contributed by atoms with E-state index >= 15 is 0 Å². The van der Waals surface area contributed by atoms with Gasteiger partial charge in [0.25, 0.3) is 5.91 Å². The maximum absolute atomic E-state index is 11.1. The average molecular weight is 167 g/mol. The lowest BCUT2D eigenvalue weighted by Gasteiger charge is -1.98. The number of hydrogen-bond acceptors (Lipinski definition) is 2. The fraction of sp³-hybridized carbons (Fsp3) is 0.250. The third-order valence-electron chi connectivity index (χ3n) is 1.44. The topological polar surface area (TPSA) is 53.2 Å². The van der Waals surface area contributed by atoms with Crippen molar-refractivity contribution in [2.45, 2.75) is 0 Å². The van der Waals surface area contributed by atoms with Crippen LogP contribution in [0.3, 0.4) is 0 Å². The van der Waals surface area contributed by atoms with E-state index < -0.39 is 0 Å². The predicted molar refractivity (Wildman–Crippen MR) is 42.2 cm³/mol. The van der Waals surface area contributed by atoms with Crippen LogP contribution in [0.15, 0.2) is 24.5 Å². The van der Waals surface area contributed by atoms with Crippen LogP contribution in [-0.4, -0.2) is 17.7 Å². The zero-order chi connectivity index (χ0) is 8.97. The van der Waals surface area contributed by atoms with Crippen LogP contribution in [-0.2, 0) is 7.05 Å². The summed E-state index contributed by atoms with van der Waals surface area (Å²) >= 11 is 0. The summed E-state index contributed by atoms with van der Waals surface area (Å²) < 4.78 is 1.77. The van der Waals surface area contributed by atoms with Gasteiger partial charge in [0.05, 0.1) is 0 Å². The number of amides is 1. The van der Waals surface area contributed by atoms with Gasteiger partial charge in [-0.2, -0.15) is 0 Å². The summed E-state index contributed by atoms with van der Waals surface area (Å²) in [6.07, 6.45) is 3.51. The molecule has 4 nitrogen and oxygen atoms in total. The summed E-state index contributed by atoms with van der Waals surface area (Å²) in [4.78, 5) is 11.1. The van der Waals surface area contributed by atoms with E-state index in [-0.39, 0.29) is 12.6 Å². The fourth-order valence-electron chi connectivity index (χ4n) is 0.896. The Morgan fingerprint density at radius 2 is 2.50 bits per heavy atom. The summed E-state index contributed by atoms with van der Waals surface area (Å²) in [5.74, 6) is -0.270. The summed E-state index contributed by atoms with van der Waals surface area (Å²) in [7, 11) is 1.83. The molecular weight excluding hydrogens is 156 g/mol. The van der Waals surface area contributed by atoms with Gasteiger partial charge in [0.1, 0.15) is 19.3 Å². The number of rotatable bonds is 2. The van der Waals surface area contributed by atoms with Crippen LogP contribution in [0.5, 0.6) is 0 Å². The Morgan fingerprint density at radius 3 is 3.08 bits per heavy atom. The smallest absolute Gasteiger partial charge is 0.259 e. The molecule has 0 aliphatic carbocycles. The Hall–Kier alpha value is -1.42. The number of aryl methyl sites for hydroxylation is 1. The number of aromatic nitrogens is 1. The molecule has 0 unspecified atom stereocenters. The van der Waals surface area contributed by atoms with Crippen molar-refractivity contribution in [2.24, 2.45) is 7.05 Å². The molecule has 2 N–H and O–H groups in total. The fourth-order valence-corrected chi connectivity index (χ4v) is 0.896. The normalized spacial score (nSPS) is 9.50. The van der Waals surface area contributed by atoms with Crippen LogP contribution in [0.1, 0.15) is 10.4 Å². The zero-order valence-corrected chi connectivity index (χ0v) is 6.82. The van der Waals surface area contributed by atoms with Crippen molar-refractivity contribution >= 4 is 5.91 Å². The first-order valence-electron chi connectivity index (χ1n) is 3.58. The Labute approximate surface area is 70.5 Å². The van der Waals surface area contributed by atoms with E-state index in [0.29, 0.717) is 5.56 Å². The molecule has 0 radical (unpaired) electrons. The van der Waals surface area contributed by atoms with Crippen molar-refractivity contribution in [1.82, 2.24) is 5.32 Å². The van der Waals surface area contributed by atoms with E-state index in [1.54, 1.807) is 22.9 Å². The third-order valence-corrected chi connectivity index (χ3v) is 1.44. The molecule has 64 valence electrons. The van der Waals surface area contributed by atoms with Crippen LogP contribution >= 0.6 is 0 Å². The minimum atomic E-state index is -0.336. The number of nitrogens with zero attached hydrogens (tertiary/aromatic N) is 1. The maximum atomic E-state index is 11.1. The summed E-state index contributed by atoms with van der Waals surface area (Å²) in [6, 6.07) is 3.46. The van der Waals surface area contributed by atoms with Gasteiger partial charge < -0.3 is 10.4 Å². The van der Waals surface area contributed by atoms with Crippen LogP contribution in [0.2, 0.25) is 0 Å². The van der Waals surface area contributed by atoms with Gasteiger partial charge in [-0.05, 0) is 6.07 Å². The molecule has 12 heavy (non-hydrogen) atoms. The monoisotopic (exact) mass is 167 g/mol. The van der Waals surface area contributed by atoms with E-state index in [4.69, 9.17) is 5.11 Å². The number of nitrogens with one attached hydrogen (secondary N) is 1. The Bertz CT molecular complexity index is 286. The molecule has 0 aliphatic rings. The molecule has 1 aromatic heterocycles. The average Bonchev–Trinajstić information content (AvgIpc) is 2.05. The Balaban J connectivity index is 2.81. The van der Waals surface area contributed by atoms with Crippen molar-refractivity contribution < 1.29 is 14.5 Å². The molecular formula is C8H11N2O2+. The van der Waals surface area contributed by atoms with Gasteiger partial charge >= 0.3 is 0 Å². The molecule has 0 bridgehead atoms. The van der Waals surface area contributed by atoms with Gasteiger partial charge in [-0.25, -0.2) is 4.57 Å². The molecule has 1 rings (SSSR count). The highest BCUT2D eigenvalue weighted by Gasteiger charge is 2.06. The van der Waals surface area contributed by atoms with Crippen LogP contribution in [0.25, 0.3) is 0 Å². The molecule has 0 spiro atoms. The van der Waals surface area contributed by atoms with Gasteiger partial charge in [-0.15, -0.1) is 0 Å². The van der Waals surface area contributed by atoms with Crippen molar-refractivity contribution in [3.63, 3.8) is 0 Å². The van der Waals surface area contributed by atoms with Crippen LogP contribution in [0, 0.1) is 0 Å². The molecule has 0 fully saturated rings. The molecule has 0 atom stereocenters. The number of carbonyl (C=O) groups excluding carboxylic acids is 1. The van der Waals surface area contributed by atoms with E-state index in [1.807, 2.05) is 13.2 Å². The standard InChI is InChI=1S/C8H10N2O2/c1-10-4-2-3-7(5-10)8(12)9-6-11/h2-5,11H,6H2,1H3/p+1. The van der Waals surface area contributed by atoms with Crippen molar-refractivity contribution in [2.75, 3.05) is 6.73 Å². The largest absolute Gasteiger partial charge is 0.376 e. The molecule has 0 aliphatic heterocycles. The van der Waals surface area contributed by atoms with Crippen molar-refractivity contribution in [3.05, 3.63) is 30.1 Å². The lowest BCUT2D eigenvalue weighted by molar-refractivity contribution is -0.671. The first-order chi connectivity index (χ1) is 5.74. The van der Waals surface area contributed by atoms with Gasteiger partial charge in [0.15, 0.2) is 12.4 Å². The second-order valence-corrected chi connectivity index (χ2v) is 2.42. The van der Waals surface area contributed by atoms with Crippen molar-refractivity contribution in [1.29, 1.82) is 0 Å². The lowest BCUT2D eigenvalue weighted by Crippen LogP contribution is -2.31. The molecule has 0 saturated heterocycles. The number of aliphatic hydroxyl groups is 1. The van der Waals surface area contributed by atoms with Gasteiger partial charge in [-0.1, -0.05) is 0 Å². The molecule has 4 heteroatoms. The highest BCUT2D eigenvalue weighted by Crippen LogP contribution is 1.92. The second-order valence-electron chi connectivity index (χ2n) is 2.42. The summed E-state index contributed by atoms with van der Waals surface area (Å²) in [6.45, 7) is -0.336. The number of pyridine rings is 1. The Morgan fingerprint density at radius 1 is 1.75 bits per heavy atom. The van der Waals surface area contributed by atoms with Crippen molar-refractivity contribution in [3.8, 4) is 0 Å². The van der Waals surface area contributed by atoms with E-state index in [2.05, 4.69) is 5.32 Å². The molecule has 1 amide bonds. The second kappa shape index (κ2) is 3.82. The van der Waals surface area contributed by atoms with E-state index in [9.17, 15) is 4.79 Å². The minimum absolute atomic E-state index is 0.270. The minimum Gasteiger partial charge on any atom is -0.376 e. The number of aliphatic hydroxyl groups excluding tert-OH is 1. The first-order valence-corrected chi connectivity index (χ1v) is 3.58. The first kappa shape index (κ1) is 8.67. The Kier molecular flexibility index (Phi) is 2.76. The van der Waals surface area contributed by atoms with Crippen LogP contribution < -0.4 is 9.88 Å². The summed E-state index contributed by atoms with van der Waals surface area (Å²) in [5.41, 5.74) is 0.536. The highest BCUT2D eigenvalue weighted by atomic mass is 16.3. The van der Waals surface area contributed by atoms with E-state index in [1.165, 1.54) is 0 Å². The SMILES string of the molecule is C[n+]1cccc(C(=O)NCO)c1. The van der Waals surface area contributed by atoms with Gasteiger partial charge in [0.2, 0.25) is 0 Å². The quantitative estimate of drug-likeness (QED) is 0.447. The number of hydrogen-bond donors (Lipinski definition) is 2. The van der Waals surface area contributed by atoms with Gasteiger partial charge in [-0.3, -0.25) is 4.79 Å². The molecule has 0 aromatic carbocycles. The van der Waals surface area contributed by atoms with E-state index in [0.717, 1.165) is 0 Å². The van der Waals surface area contributed by atoms with Gasteiger partial charge in [0, 0.05) is 6.07 Å². The molecule has 0 saturated carbocycles. The third kappa shape index (κ3) is 2.03. The van der Waals surface area contributed by atoms with Crippen LogP contribution in [0.4, 0.5) is 0 Å². The summed E-state index contributed by atoms with van der Waals surface area (Å²) in [5, 5.41) is 10.7. The molecule has 1 aromatic rings. The maximum Gasteiger partial charge on any atom is 0.259 e. The number of carbonyl (C=O) groups is 1. The molecule has 1 heterocycles. The predicted octanol–water partition coefficient (Wildman–Crippen LogP) is -0.809. The highest BCUT2D eigenvalue weighted by molar-refractivity contribution is 5.93.